The van der Waals surface area contributed by atoms with E-state index >= 15 is 0 Å². The van der Waals surface area contributed by atoms with Crippen molar-refractivity contribution >= 4 is 10.0 Å². The van der Waals surface area contributed by atoms with Gasteiger partial charge in [-0.3, -0.25) is 0 Å². The number of nitrogens with zero attached hydrogens (tertiary/aromatic N) is 1. The van der Waals surface area contributed by atoms with E-state index in [0.29, 0.717) is 30.7 Å². The lowest BCUT2D eigenvalue weighted by molar-refractivity contribution is 0.248. The molecule has 0 spiro atoms. The van der Waals surface area contributed by atoms with Crippen LogP contribution in [0.4, 0.5) is 0 Å². The summed E-state index contributed by atoms with van der Waals surface area (Å²) in [6.07, 6.45) is 7.70. The van der Waals surface area contributed by atoms with E-state index < -0.39 is 10.0 Å². The average Bonchev–Trinajstić information content (AvgIpc) is 2.39. The summed E-state index contributed by atoms with van der Waals surface area (Å²) < 4.78 is 26.6. The molecule has 0 aromatic carbocycles. The third-order valence-electron chi connectivity index (χ3n) is 4.81. The lowest BCUT2D eigenvalue weighted by Crippen LogP contribution is -2.44. The first-order valence-electron chi connectivity index (χ1n) is 7.72. The van der Waals surface area contributed by atoms with Crippen LogP contribution in [-0.2, 0) is 10.0 Å². The van der Waals surface area contributed by atoms with E-state index in [-0.39, 0.29) is 6.04 Å². The van der Waals surface area contributed by atoms with Crippen molar-refractivity contribution in [2.45, 2.75) is 57.9 Å². The zero-order chi connectivity index (χ0) is 13.9. The lowest BCUT2D eigenvalue weighted by atomic mass is 9.91. The molecule has 2 N–H and O–H groups in total. The summed E-state index contributed by atoms with van der Waals surface area (Å²) >= 11 is 0. The molecule has 0 bridgehead atoms. The highest BCUT2D eigenvalue weighted by atomic mass is 32.2. The molecular formula is C14H28N2O2S. The van der Waals surface area contributed by atoms with Crippen LogP contribution in [0.3, 0.4) is 0 Å². The van der Waals surface area contributed by atoms with Crippen LogP contribution in [0.25, 0.3) is 0 Å². The van der Waals surface area contributed by atoms with Crippen molar-refractivity contribution in [1.29, 1.82) is 0 Å². The molecule has 4 nitrogen and oxygen atoms in total. The van der Waals surface area contributed by atoms with Crippen LogP contribution in [-0.4, -0.2) is 37.6 Å². The number of piperidine rings is 1. The highest BCUT2D eigenvalue weighted by Gasteiger charge is 2.31. The normalized spacial score (nSPS) is 26.4. The monoisotopic (exact) mass is 288 g/mol. The Morgan fingerprint density at radius 3 is 2.21 bits per heavy atom. The van der Waals surface area contributed by atoms with Crippen molar-refractivity contribution in [2.75, 3.05) is 18.8 Å². The van der Waals surface area contributed by atoms with Crippen molar-refractivity contribution < 1.29 is 8.42 Å². The second-order valence-electron chi connectivity index (χ2n) is 6.38. The summed E-state index contributed by atoms with van der Waals surface area (Å²) in [5.41, 5.74) is 5.90. The van der Waals surface area contributed by atoms with Gasteiger partial charge < -0.3 is 5.73 Å². The maximum Gasteiger partial charge on any atom is 0.214 e. The minimum Gasteiger partial charge on any atom is -0.328 e. The predicted octanol–water partition coefficient (Wildman–Crippen LogP) is 1.96. The Labute approximate surface area is 117 Å². The molecule has 2 rings (SSSR count). The minimum atomic E-state index is -3.04. The fourth-order valence-electron chi connectivity index (χ4n) is 3.44. The molecule has 1 aliphatic heterocycles. The van der Waals surface area contributed by atoms with E-state index in [1.54, 1.807) is 4.31 Å². The SMILES string of the molecule is CC(N)C1CCN(S(=O)(=O)CC2CCCCC2)CC1. The fraction of sp³-hybridized carbons (Fsp3) is 1.00. The summed E-state index contributed by atoms with van der Waals surface area (Å²) in [6, 6.07) is 0.184. The number of nitrogens with two attached hydrogens (primary N) is 1. The fourth-order valence-corrected chi connectivity index (χ4v) is 5.34. The first-order valence-corrected chi connectivity index (χ1v) is 9.33. The zero-order valence-corrected chi connectivity index (χ0v) is 12.9. The van der Waals surface area contributed by atoms with Gasteiger partial charge in [-0.1, -0.05) is 19.3 Å². The number of hydrogen-bond acceptors (Lipinski definition) is 3. The molecule has 1 heterocycles. The number of rotatable bonds is 4. The second kappa shape index (κ2) is 6.55. The molecule has 1 aliphatic carbocycles. The first-order chi connectivity index (χ1) is 8.99. The molecule has 1 saturated heterocycles. The molecular weight excluding hydrogens is 260 g/mol. The van der Waals surface area contributed by atoms with Crippen LogP contribution < -0.4 is 5.73 Å². The Morgan fingerprint density at radius 2 is 1.68 bits per heavy atom. The van der Waals surface area contributed by atoms with Crippen molar-refractivity contribution in [1.82, 2.24) is 4.31 Å². The van der Waals surface area contributed by atoms with Crippen LogP contribution in [0, 0.1) is 11.8 Å². The average molecular weight is 288 g/mol. The Balaban J connectivity index is 1.86. The predicted molar refractivity (Wildman–Crippen MR) is 78.3 cm³/mol. The second-order valence-corrected chi connectivity index (χ2v) is 8.39. The molecule has 0 aromatic rings. The maximum absolute atomic E-state index is 12.4. The van der Waals surface area contributed by atoms with Crippen LogP contribution in [0.5, 0.6) is 0 Å². The summed E-state index contributed by atoms with van der Waals surface area (Å²) in [5, 5.41) is 0. The van der Waals surface area contributed by atoms with Gasteiger partial charge in [-0.15, -0.1) is 0 Å². The molecule has 19 heavy (non-hydrogen) atoms. The van der Waals surface area contributed by atoms with E-state index in [1.165, 1.54) is 19.3 Å². The van der Waals surface area contributed by atoms with Crippen molar-refractivity contribution in [3.05, 3.63) is 0 Å². The van der Waals surface area contributed by atoms with Crippen molar-refractivity contribution in [3.8, 4) is 0 Å². The summed E-state index contributed by atoms with van der Waals surface area (Å²) in [5.74, 6) is 1.25. The smallest absolute Gasteiger partial charge is 0.214 e. The van der Waals surface area contributed by atoms with Crippen molar-refractivity contribution in [2.24, 2.45) is 17.6 Å². The van der Waals surface area contributed by atoms with Gasteiger partial charge in [0.15, 0.2) is 0 Å². The quantitative estimate of drug-likeness (QED) is 0.860. The molecule has 0 aromatic heterocycles. The Kier molecular flexibility index (Phi) is 5.26. The van der Waals surface area contributed by atoms with Gasteiger partial charge in [-0.2, -0.15) is 0 Å². The van der Waals surface area contributed by atoms with Gasteiger partial charge in [-0.05, 0) is 44.4 Å². The Morgan fingerprint density at radius 1 is 1.11 bits per heavy atom. The molecule has 112 valence electrons. The minimum absolute atomic E-state index is 0.184. The van der Waals surface area contributed by atoms with Gasteiger partial charge in [0.1, 0.15) is 0 Å². The van der Waals surface area contributed by atoms with Gasteiger partial charge in [0, 0.05) is 19.1 Å². The molecule has 5 heteroatoms. The lowest BCUT2D eigenvalue weighted by Gasteiger charge is -2.34. The molecule has 0 radical (unpaired) electrons. The van der Waals surface area contributed by atoms with E-state index in [9.17, 15) is 8.42 Å². The van der Waals surface area contributed by atoms with Crippen LogP contribution in [0.15, 0.2) is 0 Å². The first kappa shape index (κ1) is 15.3. The third-order valence-corrected chi connectivity index (χ3v) is 6.85. The van der Waals surface area contributed by atoms with Crippen LogP contribution >= 0.6 is 0 Å². The standard InChI is InChI=1S/C14H28N2O2S/c1-12(15)14-7-9-16(10-8-14)19(17,18)11-13-5-3-2-4-6-13/h12-14H,2-11,15H2,1H3. The van der Waals surface area contributed by atoms with Gasteiger partial charge in [0.05, 0.1) is 5.75 Å². The van der Waals surface area contributed by atoms with Crippen molar-refractivity contribution in [3.63, 3.8) is 0 Å². The molecule has 1 unspecified atom stereocenters. The molecule has 2 fully saturated rings. The van der Waals surface area contributed by atoms with Gasteiger partial charge in [0.25, 0.3) is 0 Å². The zero-order valence-electron chi connectivity index (χ0n) is 12.1. The van der Waals surface area contributed by atoms with E-state index in [0.717, 1.165) is 25.7 Å². The summed E-state index contributed by atoms with van der Waals surface area (Å²) in [6.45, 7) is 3.36. The van der Waals surface area contributed by atoms with E-state index in [4.69, 9.17) is 5.73 Å². The molecule has 1 atom stereocenters. The molecule has 2 aliphatic rings. The highest BCUT2D eigenvalue weighted by Crippen LogP contribution is 2.28. The summed E-state index contributed by atoms with van der Waals surface area (Å²) in [4.78, 5) is 0. The van der Waals surface area contributed by atoms with Gasteiger partial charge >= 0.3 is 0 Å². The van der Waals surface area contributed by atoms with E-state index in [2.05, 4.69) is 0 Å². The van der Waals surface area contributed by atoms with Crippen LogP contribution in [0.1, 0.15) is 51.9 Å². The molecule has 1 saturated carbocycles. The topological polar surface area (TPSA) is 63.4 Å². The third kappa shape index (κ3) is 4.17. The van der Waals surface area contributed by atoms with Crippen LogP contribution in [0.2, 0.25) is 0 Å². The Bertz CT molecular complexity index is 367. The maximum atomic E-state index is 12.4. The van der Waals surface area contributed by atoms with Gasteiger partial charge in [-0.25, -0.2) is 12.7 Å². The largest absolute Gasteiger partial charge is 0.328 e. The number of hydrogen-bond donors (Lipinski definition) is 1. The number of sulfonamides is 1. The molecule has 0 amide bonds. The highest BCUT2D eigenvalue weighted by molar-refractivity contribution is 7.89. The Hall–Kier alpha value is -0.130. The summed E-state index contributed by atoms with van der Waals surface area (Å²) in [7, 11) is -3.04. The van der Waals surface area contributed by atoms with E-state index in [1.807, 2.05) is 6.92 Å². The van der Waals surface area contributed by atoms with Gasteiger partial charge in [0.2, 0.25) is 10.0 Å².